The molecule has 1 aliphatic rings. The normalized spacial score (nSPS) is 17.8. The minimum Gasteiger partial charge on any atom is -0.455 e. The van der Waals surface area contributed by atoms with E-state index in [1.807, 2.05) is 62.4 Å². The fourth-order valence-electron chi connectivity index (χ4n) is 3.06. The molecular formula is C21H24N2O3. The predicted octanol–water partition coefficient (Wildman–Crippen LogP) is 4.06. The summed E-state index contributed by atoms with van der Waals surface area (Å²) in [6, 6.07) is 16.9. The van der Waals surface area contributed by atoms with E-state index in [2.05, 4.69) is 5.32 Å². The molecule has 2 amide bonds. The number of benzene rings is 2. The van der Waals surface area contributed by atoms with E-state index in [1.54, 1.807) is 11.0 Å². The van der Waals surface area contributed by atoms with Gasteiger partial charge in [-0.3, -0.25) is 9.59 Å². The Balaban J connectivity index is 1.69. The Morgan fingerprint density at radius 2 is 1.88 bits per heavy atom. The van der Waals surface area contributed by atoms with Crippen LogP contribution in [0.4, 0.5) is 5.69 Å². The van der Waals surface area contributed by atoms with Crippen LogP contribution >= 0.6 is 0 Å². The lowest BCUT2D eigenvalue weighted by molar-refractivity contribution is -0.129. The summed E-state index contributed by atoms with van der Waals surface area (Å²) in [6.45, 7) is 4.53. The first kappa shape index (κ1) is 18.0. The molecule has 0 radical (unpaired) electrons. The SMILES string of the molecule is CCC(C)N1CC(C(=O)Nc2ccccc2Oc2ccccc2)CC1=O. The number of anilines is 1. The second kappa shape index (κ2) is 8.04. The van der Waals surface area contributed by atoms with Crippen LogP contribution in [0.1, 0.15) is 26.7 Å². The van der Waals surface area contributed by atoms with Gasteiger partial charge in [-0.2, -0.15) is 0 Å². The minimum absolute atomic E-state index is 0.0494. The van der Waals surface area contributed by atoms with Gasteiger partial charge in [0.1, 0.15) is 5.75 Å². The third-order valence-electron chi connectivity index (χ3n) is 4.77. The molecule has 5 nitrogen and oxygen atoms in total. The second-order valence-corrected chi connectivity index (χ2v) is 6.60. The minimum atomic E-state index is -0.332. The monoisotopic (exact) mass is 352 g/mol. The van der Waals surface area contributed by atoms with Crippen molar-refractivity contribution in [2.24, 2.45) is 5.92 Å². The molecule has 2 aromatic rings. The Bertz CT molecular complexity index is 776. The highest BCUT2D eigenvalue weighted by molar-refractivity contribution is 5.98. The summed E-state index contributed by atoms with van der Waals surface area (Å²) in [7, 11) is 0. The Kier molecular flexibility index (Phi) is 5.56. The van der Waals surface area contributed by atoms with Gasteiger partial charge in [-0.05, 0) is 37.6 Å². The predicted molar refractivity (Wildman–Crippen MR) is 101 cm³/mol. The van der Waals surface area contributed by atoms with E-state index < -0.39 is 0 Å². The first-order valence-corrected chi connectivity index (χ1v) is 9.00. The Labute approximate surface area is 154 Å². The maximum absolute atomic E-state index is 12.7. The lowest BCUT2D eigenvalue weighted by Gasteiger charge is -2.23. The zero-order chi connectivity index (χ0) is 18.5. The van der Waals surface area contributed by atoms with Gasteiger partial charge in [-0.15, -0.1) is 0 Å². The summed E-state index contributed by atoms with van der Waals surface area (Å²) in [6.07, 6.45) is 1.14. The summed E-state index contributed by atoms with van der Waals surface area (Å²) < 4.78 is 5.88. The van der Waals surface area contributed by atoms with E-state index in [-0.39, 0.29) is 30.2 Å². The number of hydrogen-bond donors (Lipinski definition) is 1. The number of carbonyl (C=O) groups excluding carboxylic acids is 2. The van der Waals surface area contributed by atoms with Crippen molar-refractivity contribution in [2.75, 3.05) is 11.9 Å². The second-order valence-electron chi connectivity index (χ2n) is 6.60. The topological polar surface area (TPSA) is 58.6 Å². The van der Waals surface area contributed by atoms with Crippen LogP contribution in [0.25, 0.3) is 0 Å². The Morgan fingerprint density at radius 1 is 1.19 bits per heavy atom. The molecular weight excluding hydrogens is 328 g/mol. The van der Waals surface area contributed by atoms with Crippen LogP contribution < -0.4 is 10.1 Å². The van der Waals surface area contributed by atoms with Gasteiger partial charge in [0.25, 0.3) is 0 Å². The molecule has 1 heterocycles. The molecule has 1 saturated heterocycles. The van der Waals surface area contributed by atoms with Crippen molar-refractivity contribution in [3.8, 4) is 11.5 Å². The third kappa shape index (κ3) is 4.04. The molecule has 0 aromatic heterocycles. The Hall–Kier alpha value is -2.82. The molecule has 0 bridgehead atoms. The van der Waals surface area contributed by atoms with Crippen molar-refractivity contribution in [1.29, 1.82) is 0 Å². The van der Waals surface area contributed by atoms with Crippen LogP contribution in [0.2, 0.25) is 0 Å². The smallest absolute Gasteiger partial charge is 0.229 e. The van der Waals surface area contributed by atoms with E-state index in [9.17, 15) is 9.59 Å². The number of para-hydroxylation sites is 3. The molecule has 1 fully saturated rings. The van der Waals surface area contributed by atoms with Crippen LogP contribution in [-0.2, 0) is 9.59 Å². The van der Waals surface area contributed by atoms with Crippen LogP contribution in [0.15, 0.2) is 54.6 Å². The van der Waals surface area contributed by atoms with Gasteiger partial charge < -0.3 is 15.0 Å². The van der Waals surface area contributed by atoms with Crippen molar-refractivity contribution in [3.05, 3.63) is 54.6 Å². The van der Waals surface area contributed by atoms with E-state index in [0.717, 1.165) is 6.42 Å². The van der Waals surface area contributed by atoms with Crippen molar-refractivity contribution < 1.29 is 14.3 Å². The number of ether oxygens (including phenoxy) is 1. The molecule has 26 heavy (non-hydrogen) atoms. The zero-order valence-electron chi connectivity index (χ0n) is 15.1. The van der Waals surface area contributed by atoms with E-state index in [1.165, 1.54) is 0 Å². The summed E-state index contributed by atoms with van der Waals surface area (Å²) in [5.41, 5.74) is 0.607. The fraction of sp³-hybridized carbons (Fsp3) is 0.333. The van der Waals surface area contributed by atoms with E-state index in [4.69, 9.17) is 4.74 Å². The van der Waals surface area contributed by atoms with Gasteiger partial charge in [0.05, 0.1) is 11.6 Å². The lowest BCUT2D eigenvalue weighted by Crippen LogP contribution is -2.35. The number of nitrogens with one attached hydrogen (secondary N) is 1. The average molecular weight is 352 g/mol. The fourth-order valence-corrected chi connectivity index (χ4v) is 3.06. The first-order valence-electron chi connectivity index (χ1n) is 9.00. The standard InChI is InChI=1S/C21H24N2O3/c1-3-15(2)23-14-16(13-20(23)24)21(25)22-18-11-7-8-12-19(18)26-17-9-5-4-6-10-17/h4-12,15-16H,3,13-14H2,1-2H3,(H,22,25). The molecule has 1 aliphatic heterocycles. The molecule has 0 aliphatic carbocycles. The van der Waals surface area contributed by atoms with Crippen LogP contribution in [0.3, 0.4) is 0 Å². The van der Waals surface area contributed by atoms with Crippen LogP contribution in [0.5, 0.6) is 11.5 Å². The number of rotatable bonds is 6. The first-order chi connectivity index (χ1) is 12.6. The summed E-state index contributed by atoms with van der Waals surface area (Å²) >= 11 is 0. The van der Waals surface area contributed by atoms with E-state index in [0.29, 0.717) is 23.7 Å². The number of hydrogen-bond acceptors (Lipinski definition) is 3. The van der Waals surface area contributed by atoms with Crippen molar-refractivity contribution in [2.45, 2.75) is 32.7 Å². The van der Waals surface area contributed by atoms with Crippen molar-refractivity contribution in [1.82, 2.24) is 4.90 Å². The molecule has 3 rings (SSSR count). The molecule has 2 unspecified atom stereocenters. The van der Waals surface area contributed by atoms with Crippen LogP contribution in [0, 0.1) is 5.92 Å². The maximum atomic E-state index is 12.7. The number of amides is 2. The van der Waals surface area contributed by atoms with Crippen molar-refractivity contribution >= 4 is 17.5 Å². The van der Waals surface area contributed by atoms with Gasteiger partial charge in [-0.1, -0.05) is 37.3 Å². The molecule has 0 spiro atoms. The number of carbonyl (C=O) groups is 2. The molecule has 2 atom stereocenters. The number of nitrogens with zero attached hydrogens (tertiary/aromatic N) is 1. The maximum Gasteiger partial charge on any atom is 0.229 e. The zero-order valence-corrected chi connectivity index (χ0v) is 15.1. The van der Waals surface area contributed by atoms with Crippen molar-refractivity contribution in [3.63, 3.8) is 0 Å². The molecule has 5 heteroatoms. The van der Waals surface area contributed by atoms with Gasteiger partial charge in [-0.25, -0.2) is 0 Å². The quantitative estimate of drug-likeness (QED) is 0.853. The Morgan fingerprint density at radius 3 is 2.62 bits per heavy atom. The van der Waals surface area contributed by atoms with Gasteiger partial charge in [0, 0.05) is 19.0 Å². The summed E-state index contributed by atoms with van der Waals surface area (Å²) in [5, 5.41) is 2.93. The van der Waals surface area contributed by atoms with Gasteiger partial charge in [0.15, 0.2) is 5.75 Å². The average Bonchev–Trinajstić information content (AvgIpc) is 3.05. The highest BCUT2D eigenvalue weighted by Gasteiger charge is 2.36. The summed E-state index contributed by atoms with van der Waals surface area (Å²) in [5.74, 6) is 0.853. The largest absolute Gasteiger partial charge is 0.455 e. The van der Waals surface area contributed by atoms with Gasteiger partial charge >= 0.3 is 0 Å². The highest BCUT2D eigenvalue weighted by atomic mass is 16.5. The van der Waals surface area contributed by atoms with Gasteiger partial charge in [0.2, 0.25) is 11.8 Å². The summed E-state index contributed by atoms with van der Waals surface area (Å²) in [4.78, 5) is 26.6. The van der Waals surface area contributed by atoms with Crippen LogP contribution in [-0.4, -0.2) is 29.3 Å². The molecule has 136 valence electrons. The molecule has 2 aromatic carbocycles. The number of likely N-dealkylation sites (tertiary alicyclic amines) is 1. The lowest BCUT2D eigenvalue weighted by atomic mass is 10.1. The van der Waals surface area contributed by atoms with E-state index >= 15 is 0 Å². The highest BCUT2D eigenvalue weighted by Crippen LogP contribution is 2.30. The third-order valence-corrected chi connectivity index (χ3v) is 4.77. The molecule has 0 saturated carbocycles. The molecule has 1 N–H and O–H groups in total.